The van der Waals surface area contributed by atoms with E-state index in [-0.39, 0.29) is 17.2 Å². The molecule has 0 amide bonds. The van der Waals surface area contributed by atoms with Crippen LogP contribution in [0, 0.1) is 0 Å². The Kier molecular flexibility index (Phi) is 4.09. The molecule has 9 heteroatoms. The van der Waals surface area contributed by atoms with Crippen molar-refractivity contribution in [1.29, 1.82) is 0 Å². The molecule has 0 aliphatic heterocycles. The van der Waals surface area contributed by atoms with Gasteiger partial charge >= 0.3 is 0 Å². The Labute approximate surface area is 99.4 Å². The summed E-state index contributed by atoms with van der Waals surface area (Å²) in [7, 11) is -7.48. The third kappa shape index (κ3) is 4.69. The molecule has 0 spiro atoms. The largest absolute Gasteiger partial charge is 0.508 e. The lowest BCUT2D eigenvalue weighted by molar-refractivity contribution is 0.474. The highest BCUT2D eigenvalue weighted by Crippen LogP contribution is 2.13. The summed E-state index contributed by atoms with van der Waals surface area (Å²) in [6.45, 7) is -0.304. The maximum absolute atomic E-state index is 11.6. The quantitative estimate of drug-likeness (QED) is 0.635. The second-order valence-corrected chi connectivity index (χ2v) is 6.76. The van der Waals surface area contributed by atoms with Gasteiger partial charge in [0.2, 0.25) is 20.0 Å². The third-order valence-corrected chi connectivity index (χ3v) is 4.08. The van der Waals surface area contributed by atoms with E-state index in [9.17, 15) is 16.8 Å². The first-order valence-electron chi connectivity index (χ1n) is 4.50. The fourth-order valence-electron chi connectivity index (χ4n) is 1.03. The van der Waals surface area contributed by atoms with E-state index in [4.69, 9.17) is 10.2 Å². The van der Waals surface area contributed by atoms with Gasteiger partial charge in [-0.25, -0.2) is 26.7 Å². The number of phenolic OH excluding ortho intramolecular Hbond substituents is 1. The monoisotopic (exact) mass is 280 g/mol. The molecule has 1 rings (SSSR count). The average molecular weight is 280 g/mol. The van der Waals surface area contributed by atoms with E-state index in [1.54, 1.807) is 0 Å². The fourth-order valence-corrected chi connectivity index (χ4v) is 2.57. The van der Waals surface area contributed by atoms with Gasteiger partial charge in [0, 0.05) is 6.54 Å². The Bertz CT molecular complexity index is 577. The molecule has 1 aromatic rings. The zero-order chi connectivity index (χ0) is 13.1. The fraction of sp³-hybridized carbons (Fsp3) is 0.250. The van der Waals surface area contributed by atoms with E-state index in [1.165, 1.54) is 24.3 Å². The number of aromatic hydroxyl groups is 1. The lowest BCUT2D eigenvalue weighted by Crippen LogP contribution is -2.31. The maximum atomic E-state index is 11.6. The molecule has 0 heterocycles. The van der Waals surface area contributed by atoms with E-state index in [0.717, 1.165) is 0 Å². The molecule has 96 valence electrons. The lowest BCUT2D eigenvalue weighted by atomic mass is 10.3. The van der Waals surface area contributed by atoms with Crippen molar-refractivity contribution in [2.24, 2.45) is 5.14 Å². The molecule has 4 N–H and O–H groups in total. The molecule has 0 aliphatic rings. The highest BCUT2D eigenvalue weighted by atomic mass is 32.2. The SMILES string of the molecule is NS(=O)(=O)CCNS(=O)(=O)c1ccc(O)cc1. The molecule has 0 fully saturated rings. The standard InChI is InChI=1S/C8H12N2O5S2/c9-16(12,13)6-5-10-17(14,15)8-3-1-7(11)2-4-8/h1-4,10-11H,5-6H2,(H2,9,12,13). The van der Waals surface area contributed by atoms with Crippen LogP contribution in [0.3, 0.4) is 0 Å². The van der Waals surface area contributed by atoms with Crippen LogP contribution in [-0.4, -0.2) is 34.2 Å². The first kappa shape index (κ1) is 13.9. The summed E-state index contributed by atoms with van der Waals surface area (Å²) in [5.41, 5.74) is 0. The molecule has 0 aliphatic carbocycles. The number of sulfonamides is 2. The minimum absolute atomic E-state index is 0.0616. The van der Waals surface area contributed by atoms with Crippen molar-refractivity contribution < 1.29 is 21.9 Å². The highest BCUT2D eigenvalue weighted by Gasteiger charge is 2.14. The summed E-state index contributed by atoms with van der Waals surface area (Å²) < 4.78 is 46.5. The van der Waals surface area contributed by atoms with E-state index in [2.05, 4.69) is 4.72 Å². The number of phenols is 1. The number of nitrogens with two attached hydrogens (primary N) is 1. The van der Waals surface area contributed by atoms with Crippen LogP contribution in [-0.2, 0) is 20.0 Å². The molecule has 0 unspecified atom stereocenters. The number of rotatable bonds is 5. The Morgan fingerprint density at radius 2 is 1.65 bits per heavy atom. The zero-order valence-electron chi connectivity index (χ0n) is 8.70. The number of primary sulfonamides is 1. The van der Waals surface area contributed by atoms with Crippen molar-refractivity contribution in [2.75, 3.05) is 12.3 Å². The molecular weight excluding hydrogens is 268 g/mol. The maximum Gasteiger partial charge on any atom is 0.240 e. The van der Waals surface area contributed by atoms with Gasteiger partial charge in [0.25, 0.3) is 0 Å². The van der Waals surface area contributed by atoms with Crippen LogP contribution in [0.25, 0.3) is 0 Å². The van der Waals surface area contributed by atoms with Gasteiger partial charge < -0.3 is 5.11 Å². The minimum atomic E-state index is -3.78. The Morgan fingerprint density at radius 1 is 1.12 bits per heavy atom. The summed E-state index contributed by atoms with van der Waals surface area (Å²) in [6.07, 6.45) is 0. The third-order valence-electron chi connectivity index (χ3n) is 1.83. The van der Waals surface area contributed by atoms with Gasteiger partial charge in [-0.15, -0.1) is 0 Å². The molecular formula is C8H12N2O5S2. The zero-order valence-corrected chi connectivity index (χ0v) is 10.3. The van der Waals surface area contributed by atoms with Crippen LogP contribution in [0.4, 0.5) is 0 Å². The van der Waals surface area contributed by atoms with Gasteiger partial charge in [-0.1, -0.05) is 0 Å². The second kappa shape index (κ2) is 5.00. The Balaban J connectivity index is 2.73. The van der Waals surface area contributed by atoms with Gasteiger partial charge in [0.1, 0.15) is 5.75 Å². The van der Waals surface area contributed by atoms with Crippen molar-refractivity contribution in [1.82, 2.24) is 4.72 Å². The first-order valence-corrected chi connectivity index (χ1v) is 7.70. The summed E-state index contributed by atoms with van der Waals surface area (Å²) in [4.78, 5) is -0.0651. The summed E-state index contributed by atoms with van der Waals surface area (Å²) >= 11 is 0. The van der Waals surface area contributed by atoms with Crippen LogP contribution in [0.5, 0.6) is 5.75 Å². The number of benzene rings is 1. The molecule has 0 bridgehead atoms. The summed E-state index contributed by atoms with van der Waals surface area (Å²) in [5, 5.41) is 13.7. The Morgan fingerprint density at radius 3 is 2.12 bits per heavy atom. The van der Waals surface area contributed by atoms with Gasteiger partial charge in [-0.05, 0) is 24.3 Å². The average Bonchev–Trinajstić information content (AvgIpc) is 2.15. The molecule has 0 radical (unpaired) electrons. The van der Waals surface area contributed by atoms with Crippen LogP contribution >= 0.6 is 0 Å². The van der Waals surface area contributed by atoms with Crippen LogP contribution in [0.15, 0.2) is 29.2 Å². The Hall–Kier alpha value is -1.16. The van der Waals surface area contributed by atoms with Gasteiger partial charge in [-0.2, -0.15) is 0 Å². The molecule has 0 atom stereocenters. The first-order chi connectivity index (χ1) is 7.71. The van der Waals surface area contributed by atoms with E-state index in [1.807, 2.05) is 0 Å². The number of hydrogen-bond donors (Lipinski definition) is 3. The van der Waals surface area contributed by atoms with Crippen molar-refractivity contribution in [3.63, 3.8) is 0 Å². The van der Waals surface area contributed by atoms with Gasteiger partial charge in [0.05, 0.1) is 10.6 Å². The van der Waals surface area contributed by atoms with E-state index in [0.29, 0.717) is 0 Å². The highest BCUT2D eigenvalue weighted by molar-refractivity contribution is 7.90. The number of nitrogens with one attached hydrogen (secondary N) is 1. The topological polar surface area (TPSA) is 127 Å². The van der Waals surface area contributed by atoms with E-state index < -0.39 is 25.8 Å². The van der Waals surface area contributed by atoms with Crippen LogP contribution in [0.2, 0.25) is 0 Å². The second-order valence-electron chi connectivity index (χ2n) is 3.26. The van der Waals surface area contributed by atoms with Crippen molar-refractivity contribution in [2.45, 2.75) is 4.90 Å². The van der Waals surface area contributed by atoms with Crippen LogP contribution in [0.1, 0.15) is 0 Å². The van der Waals surface area contributed by atoms with Crippen molar-refractivity contribution in [3.8, 4) is 5.75 Å². The molecule has 0 saturated carbocycles. The van der Waals surface area contributed by atoms with Gasteiger partial charge in [-0.3, -0.25) is 0 Å². The minimum Gasteiger partial charge on any atom is -0.508 e. The number of hydrogen-bond acceptors (Lipinski definition) is 5. The van der Waals surface area contributed by atoms with Crippen molar-refractivity contribution >= 4 is 20.0 Å². The molecule has 7 nitrogen and oxygen atoms in total. The molecule has 17 heavy (non-hydrogen) atoms. The smallest absolute Gasteiger partial charge is 0.240 e. The summed E-state index contributed by atoms with van der Waals surface area (Å²) in [5.74, 6) is -0.543. The predicted octanol–water partition coefficient (Wildman–Crippen LogP) is -1.04. The van der Waals surface area contributed by atoms with Gasteiger partial charge in [0.15, 0.2) is 0 Å². The van der Waals surface area contributed by atoms with Crippen LogP contribution < -0.4 is 9.86 Å². The normalized spacial score (nSPS) is 12.5. The molecule has 1 aromatic carbocycles. The lowest BCUT2D eigenvalue weighted by Gasteiger charge is -2.05. The van der Waals surface area contributed by atoms with Crippen molar-refractivity contribution in [3.05, 3.63) is 24.3 Å². The molecule has 0 aromatic heterocycles. The van der Waals surface area contributed by atoms with E-state index >= 15 is 0 Å². The predicted molar refractivity (Wildman–Crippen MR) is 61.3 cm³/mol. The molecule has 0 saturated heterocycles. The summed E-state index contributed by atoms with van der Waals surface area (Å²) in [6, 6.07) is 4.84.